The minimum absolute atomic E-state index is 0.0559. The highest BCUT2D eigenvalue weighted by atomic mass is 32.2. The molecule has 0 radical (unpaired) electrons. The van der Waals surface area contributed by atoms with Crippen LogP contribution in [0.5, 0.6) is 0 Å². The van der Waals surface area contributed by atoms with Gasteiger partial charge in [0.25, 0.3) is 5.91 Å². The number of carbonyl (C=O) groups is 1. The molecule has 36 heavy (non-hydrogen) atoms. The first-order valence-corrected chi connectivity index (χ1v) is 13.6. The number of sulfonamides is 1. The van der Waals surface area contributed by atoms with Crippen LogP contribution in [0.25, 0.3) is 11.1 Å². The van der Waals surface area contributed by atoms with Crippen molar-refractivity contribution in [3.63, 3.8) is 0 Å². The smallest absolute Gasteiger partial charge is 0.253 e. The van der Waals surface area contributed by atoms with Crippen molar-refractivity contribution < 1.29 is 18.3 Å². The van der Waals surface area contributed by atoms with E-state index in [-0.39, 0.29) is 29.4 Å². The minimum Gasteiger partial charge on any atom is -0.394 e. The molecule has 188 valence electrons. The summed E-state index contributed by atoms with van der Waals surface area (Å²) in [6.45, 7) is 2.25. The molecule has 2 N–H and O–H groups in total. The van der Waals surface area contributed by atoms with Gasteiger partial charge in [-0.05, 0) is 66.4 Å². The third-order valence-electron chi connectivity index (χ3n) is 7.30. The van der Waals surface area contributed by atoms with Crippen molar-refractivity contribution in [3.8, 4) is 11.1 Å². The summed E-state index contributed by atoms with van der Waals surface area (Å²) in [6.07, 6.45) is 0.657. The van der Waals surface area contributed by atoms with Crippen LogP contribution < -0.4 is 5.32 Å². The predicted octanol–water partition coefficient (Wildman–Crippen LogP) is 3.90. The first kappa shape index (κ1) is 24.5. The highest BCUT2D eigenvalue weighted by molar-refractivity contribution is 7.89. The Morgan fingerprint density at radius 2 is 1.78 bits per heavy atom. The normalized spacial score (nSPS) is 21.4. The van der Waals surface area contributed by atoms with E-state index in [1.165, 1.54) is 0 Å². The van der Waals surface area contributed by atoms with Gasteiger partial charge in [-0.15, -0.1) is 0 Å². The molecule has 1 fully saturated rings. The van der Waals surface area contributed by atoms with Crippen LogP contribution in [-0.4, -0.2) is 61.9 Å². The molecule has 2 aliphatic heterocycles. The molecule has 3 aromatic carbocycles. The van der Waals surface area contributed by atoms with E-state index in [4.69, 9.17) is 0 Å². The second kappa shape index (κ2) is 9.35. The van der Waals surface area contributed by atoms with Crippen LogP contribution in [-0.2, 0) is 10.0 Å². The number of benzene rings is 3. The van der Waals surface area contributed by atoms with Crippen LogP contribution in [0.15, 0.2) is 71.6 Å². The molecule has 0 saturated carbocycles. The van der Waals surface area contributed by atoms with Gasteiger partial charge in [0.05, 0.1) is 23.6 Å². The quantitative estimate of drug-likeness (QED) is 0.549. The fraction of sp³-hybridized carbons (Fsp3) is 0.321. The van der Waals surface area contributed by atoms with Crippen LogP contribution in [0.2, 0.25) is 0 Å². The van der Waals surface area contributed by atoms with Crippen LogP contribution in [0, 0.1) is 12.8 Å². The summed E-state index contributed by atoms with van der Waals surface area (Å²) in [5.74, 6) is -0.131. The third kappa shape index (κ3) is 4.19. The van der Waals surface area contributed by atoms with Gasteiger partial charge in [0.2, 0.25) is 10.0 Å². The molecule has 8 heteroatoms. The highest BCUT2D eigenvalue weighted by Crippen LogP contribution is 2.49. The molecule has 1 amide bonds. The SMILES string of the molecule is Cc1ccc(S(=O)(=O)N2CC[C@@H]3[C@@H](CO)Nc4ccc(-c5cccc(C(=O)N(C)C)c5)cc4[C@@H]32)cc1. The van der Waals surface area contributed by atoms with Gasteiger partial charge >= 0.3 is 0 Å². The number of rotatable bonds is 5. The molecule has 0 aliphatic carbocycles. The molecule has 0 spiro atoms. The first-order chi connectivity index (χ1) is 17.2. The fourth-order valence-corrected chi connectivity index (χ4v) is 7.07. The third-order valence-corrected chi connectivity index (χ3v) is 9.19. The van der Waals surface area contributed by atoms with Crippen LogP contribution >= 0.6 is 0 Å². The zero-order valence-electron chi connectivity index (χ0n) is 20.7. The first-order valence-electron chi connectivity index (χ1n) is 12.1. The average molecular weight is 506 g/mol. The van der Waals surface area contributed by atoms with E-state index in [2.05, 4.69) is 5.32 Å². The zero-order chi connectivity index (χ0) is 25.6. The molecule has 2 heterocycles. The van der Waals surface area contributed by atoms with Crippen molar-refractivity contribution in [2.75, 3.05) is 32.6 Å². The number of nitrogens with one attached hydrogen (secondary N) is 1. The molecule has 5 rings (SSSR count). The van der Waals surface area contributed by atoms with Crippen molar-refractivity contribution in [3.05, 3.63) is 83.4 Å². The molecule has 1 saturated heterocycles. The Morgan fingerprint density at radius 1 is 1.06 bits per heavy atom. The Labute approximate surface area is 212 Å². The lowest BCUT2D eigenvalue weighted by Crippen LogP contribution is -2.42. The van der Waals surface area contributed by atoms with E-state index in [1.807, 2.05) is 55.5 Å². The fourth-order valence-electron chi connectivity index (χ4n) is 5.41. The maximum atomic E-state index is 13.7. The lowest BCUT2D eigenvalue weighted by molar-refractivity contribution is 0.0827. The number of aliphatic hydroxyl groups is 1. The van der Waals surface area contributed by atoms with Crippen molar-refractivity contribution in [1.29, 1.82) is 0 Å². The second-order valence-corrected chi connectivity index (χ2v) is 11.7. The van der Waals surface area contributed by atoms with Crippen LogP contribution in [0.3, 0.4) is 0 Å². The summed E-state index contributed by atoms with van der Waals surface area (Å²) in [6, 6.07) is 19.7. The van der Waals surface area contributed by atoms with Gasteiger partial charge in [-0.2, -0.15) is 4.31 Å². The summed E-state index contributed by atoms with van der Waals surface area (Å²) in [4.78, 5) is 14.3. The lowest BCUT2D eigenvalue weighted by Gasteiger charge is -2.39. The van der Waals surface area contributed by atoms with Gasteiger partial charge in [0.15, 0.2) is 0 Å². The van der Waals surface area contributed by atoms with Crippen molar-refractivity contribution in [2.24, 2.45) is 5.92 Å². The second-order valence-electron chi connectivity index (χ2n) is 9.84. The number of hydrogen-bond acceptors (Lipinski definition) is 5. The van der Waals surface area contributed by atoms with Crippen LogP contribution in [0.1, 0.15) is 33.9 Å². The van der Waals surface area contributed by atoms with Crippen molar-refractivity contribution in [1.82, 2.24) is 9.21 Å². The maximum Gasteiger partial charge on any atom is 0.253 e. The van der Waals surface area contributed by atoms with E-state index >= 15 is 0 Å². The standard InChI is InChI=1S/C28H31N3O4S/c1-18-7-10-22(11-8-18)36(34,35)31-14-13-23-26(17-32)29-25-12-9-20(16-24(25)27(23)31)19-5-4-6-21(15-19)28(33)30(2)3/h4-12,15-16,23,26-27,29,32H,13-14,17H2,1-3H3/t23-,26-,27-/m1/s1. The number of hydrogen-bond donors (Lipinski definition) is 2. The van der Waals surface area contributed by atoms with Gasteiger partial charge in [-0.25, -0.2) is 8.42 Å². The molecular weight excluding hydrogens is 474 g/mol. The lowest BCUT2D eigenvalue weighted by atomic mass is 9.82. The van der Waals surface area contributed by atoms with Gasteiger partial charge in [0.1, 0.15) is 0 Å². The number of aryl methyl sites for hydroxylation is 1. The number of carbonyl (C=O) groups excluding carboxylic acids is 1. The molecular formula is C28H31N3O4S. The Kier molecular flexibility index (Phi) is 6.36. The van der Waals surface area contributed by atoms with Gasteiger partial charge in [-0.1, -0.05) is 35.9 Å². The Hall–Kier alpha value is -3.20. The van der Waals surface area contributed by atoms with Crippen molar-refractivity contribution in [2.45, 2.75) is 30.3 Å². The summed E-state index contributed by atoms with van der Waals surface area (Å²) in [7, 11) is -0.286. The van der Waals surface area contributed by atoms with Gasteiger partial charge < -0.3 is 15.3 Å². The summed E-state index contributed by atoms with van der Waals surface area (Å²) < 4.78 is 29.1. The van der Waals surface area contributed by atoms with Crippen molar-refractivity contribution >= 4 is 21.6 Å². The van der Waals surface area contributed by atoms with Crippen LogP contribution in [0.4, 0.5) is 5.69 Å². The summed E-state index contributed by atoms with van der Waals surface area (Å²) in [5.41, 5.74) is 5.10. The Bertz CT molecular complexity index is 1400. The number of amides is 1. The molecule has 3 aromatic rings. The highest BCUT2D eigenvalue weighted by Gasteiger charge is 2.48. The summed E-state index contributed by atoms with van der Waals surface area (Å²) >= 11 is 0. The predicted molar refractivity (Wildman–Crippen MR) is 140 cm³/mol. The van der Waals surface area contributed by atoms with E-state index in [0.29, 0.717) is 18.5 Å². The Morgan fingerprint density at radius 3 is 2.47 bits per heavy atom. The average Bonchev–Trinajstić information content (AvgIpc) is 3.34. The van der Waals surface area contributed by atoms with E-state index in [1.54, 1.807) is 41.5 Å². The number of anilines is 1. The minimum atomic E-state index is -3.73. The number of nitrogens with zero attached hydrogens (tertiary/aromatic N) is 2. The van der Waals surface area contributed by atoms with Gasteiger partial charge in [-0.3, -0.25) is 4.79 Å². The number of fused-ring (bicyclic) bond motifs is 3. The Balaban J connectivity index is 1.58. The number of aliphatic hydroxyl groups excluding tert-OH is 1. The largest absolute Gasteiger partial charge is 0.394 e. The molecule has 0 bridgehead atoms. The topological polar surface area (TPSA) is 90.0 Å². The monoisotopic (exact) mass is 505 g/mol. The molecule has 2 aliphatic rings. The zero-order valence-corrected chi connectivity index (χ0v) is 21.5. The van der Waals surface area contributed by atoms with E-state index < -0.39 is 16.1 Å². The molecule has 0 aromatic heterocycles. The molecule has 3 atom stereocenters. The molecule has 7 nitrogen and oxygen atoms in total. The summed E-state index contributed by atoms with van der Waals surface area (Å²) in [5, 5.41) is 13.5. The molecule has 0 unspecified atom stereocenters. The maximum absolute atomic E-state index is 13.7. The van der Waals surface area contributed by atoms with E-state index in [9.17, 15) is 18.3 Å². The van der Waals surface area contributed by atoms with E-state index in [0.717, 1.165) is 27.9 Å². The van der Waals surface area contributed by atoms with Gasteiger partial charge in [0, 0.05) is 37.8 Å².